The van der Waals surface area contributed by atoms with Gasteiger partial charge >= 0.3 is 29.2 Å². The van der Waals surface area contributed by atoms with Gasteiger partial charge in [-0.25, -0.2) is 22.9 Å². The first-order valence-corrected chi connectivity index (χ1v) is 12.6. The monoisotopic (exact) mass is 515 g/mol. The standard InChI is InChI=1S/C11H21FN3O13P3/c1-3-11(9(12)16,26-7(2)15-5-4-8(13)14-10(15)17)6-25-30(21,22)28-31(23,24)27-29(18,19)20/h4-5,7,9,16H,3,6H2,1-2H3,(H,21,22)(H,23,24)(H2,13,14,17)(H2,18,19,20)/t7-,9-,11-/m1/s1. The molecule has 0 fully saturated rings. The maximum Gasteiger partial charge on any atom is 0.490 e. The summed E-state index contributed by atoms with van der Waals surface area (Å²) < 4.78 is 65.4. The number of nitrogen functional groups attached to an aromatic ring is 1. The molecule has 1 heterocycles. The number of phosphoric acid groups is 3. The lowest BCUT2D eigenvalue weighted by atomic mass is 10.0. The first-order chi connectivity index (χ1) is 13.9. The number of hydrogen-bond donors (Lipinski definition) is 6. The first-order valence-electron chi connectivity index (χ1n) is 8.05. The molecule has 1 aromatic rings. The molecule has 2 unspecified atom stereocenters. The Balaban J connectivity index is 3.04. The zero-order valence-electron chi connectivity index (χ0n) is 15.9. The Kier molecular flexibility index (Phi) is 9.25. The maximum absolute atomic E-state index is 14.0. The summed E-state index contributed by atoms with van der Waals surface area (Å²) in [6.07, 6.45) is -3.48. The molecule has 0 bridgehead atoms. The van der Waals surface area contributed by atoms with Crippen LogP contribution in [0.2, 0.25) is 0 Å². The minimum atomic E-state index is -5.80. The van der Waals surface area contributed by atoms with Crippen molar-refractivity contribution in [1.29, 1.82) is 0 Å². The van der Waals surface area contributed by atoms with Crippen molar-refractivity contribution < 1.29 is 60.6 Å². The Morgan fingerprint density at radius 3 is 2.26 bits per heavy atom. The second-order valence-corrected chi connectivity index (χ2v) is 10.3. The smallest absolute Gasteiger partial charge is 0.383 e. The van der Waals surface area contributed by atoms with Crippen molar-refractivity contribution in [2.24, 2.45) is 0 Å². The van der Waals surface area contributed by atoms with Crippen LogP contribution in [0.1, 0.15) is 26.5 Å². The van der Waals surface area contributed by atoms with Crippen molar-refractivity contribution in [3.63, 3.8) is 0 Å². The number of aromatic nitrogens is 2. The van der Waals surface area contributed by atoms with Gasteiger partial charge in [0.2, 0.25) is 6.36 Å². The lowest BCUT2D eigenvalue weighted by Gasteiger charge is -2.36. The fraction of sp³-hybridized carbons (Fsp3) is 0.636. The number of aliphatic hydroxyl groups excluding tert-OH is 1. The number of phosphoric ester groups is 1. The highest BCUT2D eigenvalue weighted by Gasteiger charge is 2.46. The van der Waals surface area contributed by atoms with Gasteiger partial charge in [-0.2, -0.15) is 13.6 Å². The minimum absolute atomic E-state index is 0.117. The second kappa shape index (κ2) is 10.3. The highest BCUT2D eigenvalue weighted by Crippen LogP contribution is 2.66. The van der Waals surface area contributed by atoms with Crippen molar-refractivity contribution in [3.05, 3.63) is 22.7 Å². The molecule has 1 rings (SSSR count). The fourth-order valence-corrected chi connectivity index (χ4v) is 5.18. The molecule has 0 aliphatic rings. The molecule has 0 radical (unpaired) electrons. The van der Waals surface area contributed by atoms with E-state index in [4.69, 9.17) is 25.2 Å². The summed E-state index contributed by atoms with van der Waals surface area (Å²) >= 11 is 0. The van der Waals surface area contributed by atoms with Crippen molar-refractivity contribution in [3.8, 4) is 0 Å². The van der Waals surface area contributed by atoms with E-state index in [0.717, 1.165) is 10.8 Å². The number of alkyl halides is 1. The molecule has 1 aromatic heterocycles. The van der Waals surface area contributed by atoms with Crippen LogP contribution in [-0.4, -0.2) is 52.8 Å². The molecule has 0 aromatic carbocycles. The number of nitrogens with zero attached hydrogens (tertiary/aromatic N) is 2. The van der Waals surface area contributed by atoms with Gasteiger partial charge < -0.3 is 35.2 Å². The Bertz CT molecular complexity index is 968. The summed E-state index contributed by atoms with van der Waals surface area (Å²) in [6.45, 7) is 1.21. The molecule has 0 aliphatic heterocycles. The third kappa shape index (κ3) is 8.77. The predicted octanol–water partition coefficient (Wildman–Crippen LogP) is 0.141. The largest absolute Gasteiger partial charge is 0.490 e. The molecule has 0 aliphatic carbocycles. The molecule has 0 amide bonds. The van der Waals surface area contributed by atoms with Gasteiger partial charge in [-0.1, -0.05) is 6.92 Å². The average Bonchev–Trinajstić information content (AvgIpc) is 2.54. The topological polar surface area (TPSA) is 250 Å². The van der Waals surface area contributed by atoms with Crippen LogP contribution in [0.5, 0.6) is 0 Å². The van der Waals surface area contributed by atoms with E-state index in [1.807, 2.05) is 0 Å². The van der Waals surface area contributed by atoms with Crippen LogP contribution in [0, 0.1) is 0 Å². The van der Waals surface area contributed by atoms with E-state index in [9.17, 15) is 32.9 Å². The third-order valence-electron chi connectivity index (χ3n) is 3.57. The van der Waals surface area contributed by atoms with Crippen LogP contribution in [-0.2, 0) is 31.6 Å². The average molecular weight is 515 g/mol. The molecule has 20 heteroatoms. The molecular formula is C11H21FN3O13P3. The quantitative estimate of drug-likeness (QED) is 0.203. The van der Waals surface area contributed by atoms with E-state index in [-0.39, 0.29) is 5.82 Å². The number of nitrogens with two attached hydrogens (primary N) is 1. The molecule has 180 valence electrons. The molecule has 7 N–H and O–H groups in total. The van der Waals surface area contributed by atoms with Gasteiger partial charge in [-0.15, -0.1) is 0 Å². The number of rotatable bonds is 12. The predicted molar refractivity (Wildman–Crippen MR) is 98.7 cm³/mol. The number of halogens is 1. The SMILES string of the molecule is CC[C@](COP(=O)(O)OP(=O)(O)OP(=O)(O)O)(O[C@H](C)n1ccc(N)nc1=O)[C@@H](O)F. The van der Waals surface area contributed by atoms with Gasteiger partial charge in [0, 0.05) is 6.20 Å². The van der Waals surface area contributed by atoms with Crippen molar-refractivity contribution >= 4 is 29.3 Å². The highest BCUT2D eigenvalue weighted by molar-refractivity contribution is 7.66. The van der Waals surface area contributed by atoms with E-state index in [2.05, 4.69) is 18.1 Å². The van der Waals surface area contributed by atoms with Gasteiger partial charge in [0.1, 0.15) is 17.6 Å². The maximum atomic E-state index is 14.0. The van der Waals surface area contributed by atoms with Gasteiger partial charge in [-0.05, 0) is 19.4 Å². The lowest BCUT2D eigenvalue weighted by molar-refractivity contribution is -0.225. The van der Waals surface area contributed by atoms with E-state index in [1.165, 1.54) is 19.9 Å². The molecule has 31 heavy (non-hydrogen) atoms. The second-order valence-electron chi connectivity index (χ2n) is 5.88. The molecule has 16 nitrogen and oxygen atoms in total. The third-order valence-corrected chi connectivity index (χ3v) is 7.35. The molecular weight excluding hydrogens is 494 g/mol. The number of ether oxygens (including phenoxy) is 1. The summed E-state index contributed by atoms with van der Waals surface area (Å²) in [7, 11) is -17.0. The van der Waals surface area contributed by atoms with Crippen LogP contribution >= 0.6 is 23.5 Å². The van der Waals surface area contributed by atoms with Crippen LogP contribution in [0.4, 0.5) is 10.2 Å². The molecule has 0 saturated carbocycles. The van der Waals surface area contributed by atoms with E-state index in [0.29, 0.717) is 0 Å². The van der Waals surface area contributed by atoms with Crippen molar-refractivity contribution in [2.45, 2.75) is 38.5 Å². The van der Waals surface area contributed by atoms with Gasteiger partial charge in [-0.3, -0.25) is 9.09 Å². The normalized spacial score (nSPS) is 20.3. The van der Waals surface area contributed by atoms with Crippen LogP contribution in [0.15, 0.2) is 17.1 Å². The highest BCUT2D eigenvalue weighted by atomic mass is 31.3. The molecule has 0 spiro atoms. The number of anilines is 1. The van der Waals surface area contributed by atoms with E-state index < -0.39 is 60.4 Å². The summed E-state index contributed by atoms with van der Waals surface area (Å²) in [6, 6.07) is 1.22. The van der Waals surface area contributed by atoms with E-state index >= 15 is 0 Å². The number of hydrogen-bond acceptors (Lipinski definition) is 11. The lowest BCUT2D eigenvalue weighted by Crippen LogP contribution is -2.48. The van der Waals surface area contributed by atoms with Gasteiger partial charge in [0.05, 0.1) is 6.61 Å². The van der Waals surface area contributed by atoms with Crippen LogP contribution < -0.4 is 11.4 Å². The zero-order valence-corrected chi connectivity index (χ0v) is 18.6. The van der Waals surface area contributed by atoms with Gasteiger partial charge in [0.25, 0.3) is 0 Å². The Morgan fingerprint density at radius 1 is 1.23 bits per heavy atom. The van der Waals surface area contributed by atoms with Crippen LogP contribution in [0.3, 0.4) is 0 Å². The van der Waals surface area contributed by atoms with Crippen molar-refractivity contribution in [1.82, 2.24) is 9.55 Å². The Labute approximate surface area is 173 Å². The van der Waals surface area contributed by atoms with Crippen LogP contribution in [0.25, 0.3) is 0 Å². The van der Waals surface area contributed by atoms with Gasteiger partial charge in [0.15, 0.2) is 0 Å². The minimum Gasteiger partial charge on any atom is -0.383 e. The molecule has 5 atom stereocenters. The summed E-state index contributed by atoms with van der Waals surface area (Å²) in [5.41, 5.74) is 2.04. The summed E-state index contributed by atoms with van der Waals surface area (Å²) in [5, 5.41) is 9.52. The number of aliphatic hydroxyl groups is 1. The summed E-state index contributed by atoms with van der Waals surface area (Å²) in [5.74, 6) is -0.117. The molecule has 0 saturated heterocycles. The Morgan fingerprint density at radius 2 is 1.81 bits per heavy atom. The summed E-state index contributed by atoms with van der Waals surface area (Å²) in [4.78, 5) is 50.9. The fourth-order valence-electron chi connectivity index (χ4n) is 2.11. The first kappa shape index (κ1) is 28.0. The Hall–Kier alpha value is -1.06. The zero-order chi connectivity index (χ0) is 24.3. The van der Waals surface area contributed by atoms with E-state index in [1.54, 1.807) is 0 Å². The van der Waals surface area contributed by atoms with Crippen molar-refractivity contribution in [2.75, 3.05) is 12.3 Å².